The third-order valence-corrected chi connectivity index (χ3v) is 3.70. The van der Waals surface area contributed by atoms with Gasteiger partial charge in [-0.3, -0.25) is 0 Å². The predicted octanol–water partition coefficient (Wildman–Crippen LogP) is 2.63. The highest BCUT2D eigenvalue weighted by Crippen LogP contribution is 2.31. The Morgan fingerprint density at radius 3 is 2.16 bits per heavy atom. The molecule has 134 valence electrons. The van der Waals surface area contributed by atoms with Crippen molar-refractivity contribution in [3.8, 4) is 0 Å². The van der Waals surface area contributed by atoms with Crippen LogP contribution in [0.15, 0.2) is 42.5 Å². The Labute approximate surface area is 139 Å². The van der Waals surface area contributed by atoms with Gasteiger partial charge in [0.2, 0.25) is 0 Å². The van der Waals surface area contributed by atoms with E-state index in [1.165, 1.54) is 0 Å². The van der Waals surface area contributed by atoms with Crippen LogP contribution in [0.25, 0.3) is 0 Å². The number of carbonyl (C=O) groups excluding carboxylic acids is 1. The van der Waals surface area contributed by atoms with Crippen molar-refractivity contribution in [3.05, 3.63) is 70.8 Å². The van der Waals surface area contributed by atoms with Gasteiger partial charge in [0.15, 0.2) is 0 Å². The van der Waals surface area contributed by atoms with E-state index in [0.717, 1.165) is 36.4 Å². The maximum absolute atomic E-state index is 13.7. The molecule has 0 aromatic heterocycles. The van der Waals surface area contributed by atoms with Crippen LogP contribution in [0.2, 0.25) is 0 Å². The molecule has 0 aliphatic heterocycles. The average molecular weight is 359 g/mol. The SMILES string of the molecule is O=C([O-])C(Cc1ccc(C(F)(F)F)cc1)C(O)c1ccc(F)cc1F. The van der Waals surface area contributed by atoms with Gasteiger partial charge in [-0.2, -0.15) is 13.2 Å². The van der Waals surface area contributed by atoms with E-state index in [9.17, 15) is 37.0 Å². The van der Waals surface area contributed by atoms with Crippen LogP contribution < -0.4 is 5.11 Å². The number of hydrogen-bond donors (Lipinski definition) is 1. The van der Waals surface area contributed by atoms with Crippen molar-refractivity contribution in [2.45, 2.75) is 18.7 Å². The summed E-state index contributed by atoms with van der Waals surface area (Å²) in [5, 5.41) is 21.4. The van der Waals surface area contributed by atoms with Crippen molar-refractivity contribution in [2.24, 2.45) is 5.92 Å². The fourth-order valence-corrected chi connectivity index (χ4v) is 2.37. The fourth-order valence-electron chi connectivity index (χ4n) is 2.37. The number of carboxylic acid groups (broad SMARTS) is 1. The Morgan fingerprint density at radius 2 is 1.68 bits per heavy atom. The minimum atomic E-state index is -4.54. The second kappa shape index (κ2) is 7.18. The van der Waals surface area contributed by atoms with Crippen LogP contribution in [-0.2, 0) is 17.4 Å². The average Bonchev–Trinajstić information content (AvgIpc) is 2.51. The number of alkyl halides is 3. The summed E-state index contributed by atoms with van der Waals surface area (Å²) in [6.45, 7) is 0. The molecule has 3 nitrogen and oxygen atoms in total. The molecule has 2 unspecified atom stereocenters. The molecule has 0 spiro atoms. The van der Waals surface area contributed by atoms with Gasteiger partial charge >= 0.3 is 6.18 Å². The van der Waals surface area contributed by atoms with E-state index in [1.54, 1.807) is 0 Å². The molecule has 0 saturated carbocycles. The van der Waals surface area contributed by atoms with Gasteiger partial charge in [-0.15, -0.1) is 0 Å². The largest absolute Gasteiger partial charge is 0.550 e. The first kappa shape index (κ1) is 18.9. The molecule has 2 rings (SSSR count). The van der Waals surface area contributed by atoms with Crippen molar-refractivity contribution in [1.29, 1.82) is 0 Å². The second-order valence-electron chi connectivity index (χ2n) is 5.44. The van der Waals surface area contributed by atoms with Gasteiger partial charge < -0.3 is 15.0 Å². The number of halogens is 5. The van der Waals surface area contributed by atoms with Crippen molar-refractivity contribution >= 4 is 5.97 Å². The van der Waals surface area contributed by atoms with Crippen LogP contribution >= 0.6 is 0 Å². The van der Waals surface area contributed by atoms with Crippen molar-refractivity contribution < 1.29 is 37.0 Å². The summed E-state index contributed by atoms with van der Waals surface area (Å²) < 4.78 is 64.2. The lowest BCUT2D eigenvalue weighted by Gasteiger charge is -2.25. The van der Waals surface area contributed by atoms with E-state index >= 15 is 0 Å². The number of rotatable bonds is 5. The summed E-state index contributed by atoms with van der Waals surface area (Å²) in [6.07, 6.45) is -6.78. The highest BCUT2D eigenvalue weighted by Gasteiger charge is 2.30. The molecule has 2 aromatic carbocycles. The molecule has 0 saturated heterocycles. The first-order valence-electron chi connectivity index (χ1n) is 7.09. The van der Waals surface area contributed by atoms with E-state index in [-0.39, 0.29) is 5.56 Å². The standard InChI is InChI=1S/C17H13F5O3/c18-11-5-6-12(14(19)8-11)15(23)13(16(24)25)7-9-1-3-10(4-2-9)17(20,21)22/h1-6,8,13,15,23H,7H2,(H,24,25)/p-1. The molecule has 2 atom stereocenters. The van der Waals surface area contributed by atoms with Gasteiger partial charge in [0.05, 0.1) is 11.7 Å². The quantitative estimate of drug-likeness (QED) is 0.835. The highest BCUT2D eigenvalue weighted by atomic mass is 19.4. The molecule has 25 heavy (non-hydrogen) atoms. The molecule has 0 amide bonds. The molecule has 0 heterocycles. The number of aliphatic hydroxyl groups is 1. The number of aliphatic hydroxyl groups excluding tert-OH is 1. The molecule has 8 heteroatoms. The van der Waals surface area contributed by atoms with Crippen LogP contribution in [0.1, 0.15) is 22.8 Å². The Balaban J connectivity index is 2.25. The molecule has 0 aliphatic rings. The van der Waals surface area contributed by atoms with E-state index in [1.807, 2.05) is 0 Å². The smallest absolute Gasteiger partial charge is 0.416 e. The van der Waals surface area contributed by atoms with E-state index < -0.39 is 53.3 Å². The van der Waals surface area contributed by atoms with Crippen LogP contribution in [0.5, 0.6) is 0 Å². The van der Waals surface area contributed by atoms with Crippen molar-refractivity contribution in [1.82, 2.24) is 0 Å². The molecule has 0 fully saturated rings. The monoisotopic (exact) mass is 359 g/mol. The minimum Gasteiger partial charge on any atom is -0.550 e. The van der Waals surface area contributed by atoms with Crippen LogP contribution in [0, 0.1) is 17.6 Å². The van der Waals surface area contributed by atoms with Gasteiger partial charge in [-0.05, 0) is 30.2 Å². The van der Waals surface area contributed by atoms with E-state index in [4.69, 9.17) is 0 Å². The zero-order chi connectivity index (χ0) is 18.8. The van der Waals surface area contributed by atoms with E-state index in [2.05, 4.69) is 0 Å². The third-order valence-electron chi connectivity index (χ3n) is 3.70. The molecule has 0 bridgehead atoms. The second-order valence-corrected chi connectivity index (χ2v) is 5.44. The molecule has 2 aromatic rings. The van der Waals surface area contributed by atoms with Crippen LogP contribution in [-0.4, -0.2) is 11.1 Å². The lowest BCUT2D eigenvalue weighted by molar-refractivity contribution is -0.314. The summed E-state index contributed by atoms with van der Waals surface area (Å²) in [5.74, 6) is -5.37. The number of aliphatic carboxylic acids is 1. The maximum atomic E-state index is 13.7. The van der Waals surface area contributed by atoms with Gasteiger partial charge in [0.25, 0.3) is 0 Å². The first-order valence-corrected chi connectivity index (χ1v) is 7.09. The summed E-state index contributed by atoms with van der Waals surface area (Å²) in [6, 6.07) is 5.91. The van der Waals surface area contributed by atoms with Crippen LogP contribution in [0.3, 0.4) is 0 Å². The summed E-state index contributed by atoms with van der Waals surface area (Å²) in [4.78, 5) is 11.3. The topological polar surface area (TPSA) is 60.4 Å². The Bertz CT molecular complexity index is 756. The van der Waals surface area contributed by atoms with Crippen molar-refractivity contribution in [2.75, 3.05) is 0 Å². The lowest BCUT2D eigenvalue weighted by Crippen LogP contribution is -2.36. The Hall–Kier alpha value is -2.48. The Kier molecular flexibility index (Phi) is 5.42. The fraction of sp³-hybridized carbons (Fsp3) is 0.235. The summed E-state index contributed by atoms with van der Waals surface area (Å²) in [7, 11) is 0. The molecule has 0 aliphatic carbocycles. The zero-order valence-corrected chi connectivity index (χ0v) is 12.6. The van der Waals surface area contributed by atoms with Gasteiger partial charge in [-0.25, -0.2) is 8.78 Å². The third kappa shape index (κ3) is 4.54. The minimum absolute atomic E-state index is 0.184. The zero-order valence-electron chi connectivity index (χ0n) is 12.6. The Morgan fingerprint density at radius 1 is 1.08 bits per heavy atom. The lowest BCUT2D eigenvalue weighted by atomic mass is 9.89. The molecular formula is C17H12F5O3-. The van der Waals surface area contributed by atoms with Gasteiger partial charge in [0.1, 0.15) is 11.6 Å². The van der Waals surface area contributed by atoms with Crippen LogP contribution in [0.4, 0.5) is 22.0 Å². The summed E-state index contributed by atoms with van der Waals surface area (Å²) in [5.41, 5.74) is -1.17. The number of carboxylic acids is 1. The molecule has 0 radical (unpaired) electrons. The number of hydrogen-bond acceptors (Lipinski definition) is 3. The summed E-state index contributed by atoms with van der Waals surface area (Å²) >= 11 is 0. The molecule has 1 N–H and O–H groups in total. The van der Waals surface area contributed by atoms with Gasteiger partial charge in [0, 0.05) is 23.5 Å². The number of benzene rings is 2. The first-order chi connectivity index (χ1) is 11.6. The predicted molar refractivity (Wildman–Crippen MR) is 75.0 cm³/mol. The molecular weight excluding hydrogens is 347 g/mol. The van der Waals surface area contributed by atoms with Gasteiger partial charge in [-0.1, -0.05) is 18.2 Å². The maximum Gasteiger partial charge on any atom is 0.416 e. The number of carbonyl (C=O) groups is 1. The highest BCUT2D eigenvalue weighted by molar-refractivity contribution is 5.69. The van der Waals surface area contributed by atoms with Crippen molar-refractivity contribution in [3.63, 3.8) is 0 Å². The van der Waals surface area contributed by atoms with E-state index in [0.29, 0.717) is 6.07 Å². The normalized spacial score (nSPS) is 14.2.